The van der Waals surface area contributed by atoms with Crippen molar-refractivity contribution in [1.82, 2.24) is 0 Å². The Morgan fingerprint density at radius 2 is 2.33 bits per heavy atom. The quantitative estimate of drug-likeness (QED) is 0.844. The Labute approximate surface area is 105 Å². The van der Waals surface area contributed by atoms with Gasteiger partial charge in [0.1, 0.15) is 5.82 Å². The van der Waals surface area contributed by atoms with E-state index in [4.69, 9.17) is 5.73 Å². The smallest absolute Gasteiger partial charge is 0.222 e. The Bertz CT molecular complexity index is 451. The summed E-state index contributed by atoms with van der Waals surface area (Å²) in [7, 11) is 0. The van der Waals surface area contributed by atoms with Crippen LogP contribution in [0.2, 0.25) is 0 Å². The molecule has 1 fully saturated rings. The van der Waals surface area contributed by atoms with Gasteiger partial charge in [-0.05, 0) is 31.0 Å². The topological polar surface area (TPSA) is 66.6 Å². The van der Waals surface area contributed by atoms with Gasteiger partial charge in [-0.25, -0.2) is 4.39 Å². The average Bonchev–Trinajstić information content (AvgIpc) is 2.38. The molecular weight excluding hydrogens is 235 g/mol. The number of benzene rings is 1. The van der Waals surface area contributed by atoms with Crippen molar-refractivity contribution in [3.8, 4) is 0 Å². The van der Waals surface area contributed by atoms with Crippen LogP contribution in [0.25, 0.3) is 0 Å². The molecule has 1 saturated heterocycles. The SMILES string of the molecule is NC(=O)C1CCCN(c2ccc(F)cc2CO)C1. The molecular formula is C13H17FN2O2. The highest BCUT2D eigenvalue weighted by Crippen LogP contribution is 2.27. The molecule has 1 aliphatic rings. The van der Waals surface area contributed by atoms with Gasteiger partial charge in [0.2, 0.25) is 5.91 Å². The van der Waals surface area contributed by atoms with E-state index in [1.54, 1.807) is 6.07 Å². The molecule has 0 aromatic heterocycles. The summed E-state index contributed by atoms with van der Waals surface area (Å²) in [4.78, 5) is 13.2. The van der Waals surface area contributed by atoms with Gasteiger partial charge in [-0.2, -0.15) is 0 Å². The lowest BCUT2D eigenvalue weighted by atomic mass is 9.96. The number of hydrogen-bond donors (Lipinski definition) is 2. The van der Waals surface area contributed by atoms with E-state index in [1.165, 1.54) is 12.1 Å². The summed E-state index contributed by atoms with van der Waals surface area (Å²) in [6, 6.07) is 4.33. The van der Waals surface area contributed by atoms with E-state index < -0.39 is 0 Å². The number of amides is 1. The number of hydrogen-bond acceptors (Lipinski definition) is 3. The number of halogens is 1. The van der Waals surface area contributed by atoms with Crippen LogP contribution in [0.3, 0.4) is 0 Å². The monoisotopic (exact) mass is 252 g/mol. The van der Waals surface area contributed by atoms with Crippen molar-refractivity contribution < 1.29 is 14.3 Å². The van der Waals surface area contributed by atoms with E-state index in [0.29, 0.717) is 12.1 Å². The Balaban J connectivity index is 2.22. The van der Waals surface area contributed by atoms with Crippen molar-refractivity contribution in [2.24, 2.45) is 11.7 Å². The third-order valence-corrected chi connectivity index (χ3v) is 3.38. The lowest BCUT2D eigenvalue weighted by Crippen LogP contribution is -2.41. The molecule has 0 aliphatic carbocycles. The zero-order valence-electron chi connectivity index (χ0n) is 10.1. The van der Waals surface area contributed by atoms with Gasteiger partial charge in [0.15, 0.2) is 0 Å². The van der Waals surface area contributed by atoms with Crippen LogP contribution in [0.4, 0.5) is 10.1 Å². The molecule has 1 aromatic rings. The van der Waals surface area contributed by atoms with Crippen LogP contribution in [0.15, 0.2) is 18.2 Å². The van der Waals surface area contributed by atoms with Crippen LogP contribution in [-0.4, -0.2) is 24.1 Å². The third-order valence-electron chi connectivity index (χ3n) is 3.38. The fraction of sp³-hybridized carbons (Fsp3) is 0.462. The number of nitrogens with zero attached hydrogens (tertiary/aromatic N) is 1. The van der Waals surface area contributed by atoms with Crippen molar-refractivity contribution >= 4 is 11.6 Å². The zero-order chi connectivity index (χ0) is 13.1. The number of carbonyl (C=O) groups is 1. The molecule has 4 nitrogen and oxygen atoms in total. The molecule has 1 heterocycles. The lowest BCUT2D eigenvalue weighted by Gasteiger charge is -2.34. The molecule has 0 saturated carbocycles. The largest absolute Gasteiger partial charge is 0.392 e. The second-order valence-electron chi connectivity index (χ2n) is 4.62. The number of piperidine rings is 1. The van der Waals surface area contributed by atoms with E-state index in [0.717, 1.165) is 25.1 Å². The summed E-state index contributed by atoms with van der Waals surface area (Å²) in [6.45, 7) is 1.11. The molecule has 0 spiro atoms. The Morgan fingerprint density at radius 3 is 3.00 bits per heavy atom. The van der Waals surface area contributed by atoms with Gasteiger partial charge < -0.3 is 15.7 Å². The first-order chi connectivity index (χ1) is 8.61. The minimum Gasteiger partial charge on any atom is -0.392 e. The van der Waals surface area contributed by atoms with Crippen LogP contribution in [0.5, 0.6) is 0 Å². The van der Waals surface area contributed by atoms with Crippen molar-refractivity contribution in [2.75, 3.05) is 18.0 Å². The summed E-state index contributed by atoms with van der Waals surface area (Å²) in [5, 5.41) is 9.26. The predicted molar refractivity (Wildman–Crippen MR) is 66.5 cm³/mol. The second-order valence-corrected chi connectivity index (χ2v) is 4.62. The first kappa shape index (κ1) is 12.8. The summed E-state index contributed by atoms with van der Waals surface area (Å²) in [5.74, 6) is -0.839. The van der Waals surface area contributed by atoms with Crippen molar-refractivity contribution in [2.45, 2.75) is 19.4 Å². The van der Waals surface area contributed by atoms with Crippen molar-refractivity contribution in [1.29, 1.82) is 0 Å². The summed E-state index contributed by atoms with van der Waals surface area (Å²) in [5.41, 5.74) is 6.65. The third kappa shape index (κ3) is 2.61. The van der Waals surface area contributed by atoms with E-state index in [2.05, 4.69) is 0 Å². The first-order valence-electron chi connectivity index (χ1n) is 6.05. The summed E-state index contributed by atoms with van der Waals surface area (Å²) >= 11 is 0. The average molecular weight is 252 g/mol. The highest BCUT2D eigenvalue weighted by Gasteiger charge is 2.25. The van der Waals surface area contributed by atoms with Crippen LogP contribution in [-0.2, 0) is 11.4 Å². The highest BCUT2D eigenvalue weighted by molar-refractivity contribution is 5.77. The van der Waals surface area contributed by atoms with Crippen LogP contribution in [0, 0.1) is 11.7 Å². The molecule has 1 amide bonds. The molecule has 98 valence electrons. The number of rotatable bonds is 3. The van der Waals surface area contributed by atoms with Gasteiger partial charge in [0.05, 0.1) is 12.5 Å². The zero-order valence-corrected chi connectivity index (χ0v) is 10.1. The number of nitrogens with two attached hydrogens (primary N) is 1. The number of carbonyl (C=O) groups excluding carboxylic acids is 1. The number of anilines is 1. The fourth-order valence-electron chi connectivity index (χ4n) is 2.42. The second kappa shape index (κ2) is 5.35. The summed E-state index contributed by atoms with van der Waals surface area (Å²) < 4.78 is 13.1. The summed E-state index contributed by atoms with van der Waals surface area (Å²) in [6.07, 6.45) is 1.66. The molecule has 0 radical (unpaired) electrons. The molecule has 2 rings (SSSR count). The fourth-order valence-corrected chi connectivity index (χ4v) is 2.42. The van der Waals surface area contributed by atoms with Crippen molar-refractivity contribution in [3.63, 3.8) is 0 Å². The highest BCUT2D eigenvalue weighted by atomic mass is 19.1. The van der Waals surface area contributed by atoms with E-state index in [9.17, 15) is 14.3 Å². The molecule has 3 N–H and O–H groups in total. The van der Waals surface area contributed by atoms with Gasteiger partial charge in [-0.1, -0.05) is 0 Å². The lowest BCUT2D eigenvalue weighted by molar-refractivity contribution is -0.122. The number of aliphatic hydroxyl groups is 1. The van der Waals surface area contributed by atoms with Gasteiger partial charge in [0.25, 0.3) is 0 Å². The van der Waals surface area contributed by atoms with Gasteiger partial charge in [0, 0.05) is 24.3 Å². The Morgan fingerprint density at radius 1 is 1.56 bits per heavy atom. The van der Waals surface area contributed by atoms with Crippen molar-refractivity contribution in [3.05, 3.63) is 29.6 Å². The van der Waals surface area contributed by atoms with Crippen LogP contribution < -0.4 is 10.6 Å². The van der Waals surface area contributed by atoms with E-state index in [1.807, 2.05) is 4.90 Å². The van der Waals surface area contributed by atoms with E-state index >= 15 is 0 Å². The van der Waals surface area contributed by atoms with Crippen LogP contribution >= 0.6 is 0 Å². The predicted octanol–water partition coefficient (Wildman–Crippen LogP) is 1.02. The van der Waals surface area contributed by atoms with Gasteiger partial charge in [-0.3, -0.25) is 4.79 Å². The molecule has 1 unspecified atom stereocenters. The Kier molecular flexibility index (Phi) is 3.81. The maximum absolute atomic E-state index is 13.1. The Hall–Kier alpha value is -1.62. The number of primary amides is 1. The number of aliphatic hydroxyl groups excluding tert-OH is 1. The van der Waals surface area contributed by atoms with E-state index in [-0.39, 0.29) is 24.2 Å². The molecule has 5 heteroatoms. The molecule has 0 bridgehead atoms. The normalized spacial score (nSPS) is 19.9. The molecule has 1 atom stereocenters. The maximum atomic E-state index is 13.1. The molecule has 1 aromatic carbocycles. The first-order valence-corrected chi connectivity index (χ1v) is 6.05. The van der Waals surface area contributed by atoms with Gasteiger partial charge in [-0.15, -0.1) is 0 Å². The minimum atomic E-state index is -0.369. The van der Waals surface area contributed by atoms with Gasteiger partial charge >= 0.3 is 0 Å². The standard InChI is InChI=1S/C13H17FN2O2/c14-11-3-4-12(10(6-11)8-17)16-5-1-2-9(7-16)13(15)18/h3-4,6,9,17H,1-2,5,7-8H2,(H2,15,18). The molecule has 1 aliphatic heterocycles. The van der Waals surface area contributed by atoms with Crippen LogP contribution in [0.1, 0.15) is 18.4 Å². The maximum Gasteiger partial charge on any atom is 0.222 e. The molecule has 18 heavy (non-hydrogen) atoms. The minimum absolute atomic E-state index is 0.171.